The molecular formula is C22H21N3O2S. The summed E-state index contributed by atoms with van der Waals surface area (Å²) >= 11 is 1.89. The molecular weight excluding hydrogens is 370 g/mol. The van der Waals surface area contributed by atoms with Crippen molar-refractivity contribution < 1.29 is 9.53 Å². The number of hydrogen-bond donors (Lipinski definition) is 0. The summed E-state index contributed by atoms with van der Waals surface area (Å²) in [5.74, 6) is 3.15. The first-order valence-electron chi connectivity index (χ1n) is 9.27. The molecule has 142 valence electrons. The third kappa shape index (κ3) is 4.51. The number of amides is 1. The summed E-state index contributed by atoms with van der Waals surface area (Å²) in [5, 5.41) is 0. The fraction of sp³-hybridized carbons (Fsp3) is 0.227. The summed E-state index contributed by atoms with van der Waals surface area (Å²) in [4.78, 5) is 23.6. The highest BCUT2D eigenvalue weighted by molar-refractivity contribution is 7.99. The molecule has 2 aromatic heterocycles. The van der Waals surface area contributed by atoms with Crippen LogP contribution in [0.15, 0.2) is 73.1 Å². The lowest BCUT2D eigenvalue weighted by Gasteiger charge is -2.22. The van der Waals surface area contributed by atoms with Crippen molar-refractivity contribution in [3.8, 4) is 5.88 Å². The SMILES string of the molecule is O=C(c1ccc(O[C@@H]2CCSC2)nc1)N(Cc1ccccc1)c1ccccn1. The number of carbonyl (C=O) groups is 1. The number of aromatic nitrogens is 2. The van der Waals surface area contributed by atoms with Gasteiger partial charge in [0, 0.05) is 24.2 Å². The van der Waals surface area contributed by atoms with Gasteiger partial charge in [-0.2, -0.15) is 11.8 Å². The summed E-state index contributed by atoms with van der Waals surface area (Å²) in [6.45, 7) is 0.439. The molecule has 0 aliphatic carbocycles. The van der Waals surface area contributed by atoms with Gasteiger partial charge in [0.1, 0.15) is 11.9 Å². The number of thioether (sulfide) groups is 1. The molecule has 0 spiro atoms. The van der Waals surface area contributed by atoms with Crippen LogP contribution in [0.2, 0.25) is 0 Å². The molecule has 0 saturated carbocycles. The number of benzene rings is 1. The number of ether oxygens (including phenoxy) is 1. The van der Waals surface area contributed by atoms with E-state index in [0.717, 1.165) is 23.5 Å². The lowest BCUT2D eigenvalue weighted by Crippen LogP contribution is -2.31. The van der Waals surface area contributed by atoms with E-state index in [9.17, 15) is 4.79 Å². The van der Waals surface area contributed by atoms with Crippen LogP contribution in [-0.2, 0) is 6.54 Å². The van der Waals surface area contributed by atoms with Crippen molar-refractivity contribution in [3.63, 3.8) is 0 Å². The van der Waals surface area contributed by atoms with Crippen LogP contribution in [0.5, 0.6) is 5.88 Å². The zero-order valence-corrected chi connectivity index (χ0v) is 16.2. The Morgan fingerprint density at radius 1 is 1.07 bits per heavy atom. The number of rotatable bonds is 6. The molecule has 28 heavy (non-hydrogen) atoms. The van der Waals surface area contributed by atoms with Crippen LogP contribution in [0.1, 0.15) is 22.3 Å². The zero-order valence-electron chi connectivity index (χ0n) is 15.4. The molecule has 1 atom stereocenters. The molecule has 1 amide bonds. The average Bonchev–Trinajstić information content (AvgIpc) is 3.26. The summed E-state index contributed by atoms with van der Waals surface area (Å²) in [5.41, 5.74) is 1.54. The summed E-state index contributed by atoms with van der Waals surface area (Å²) in [7, 11) is 0. The summed E-state index contributed by atoms with van der Waals surface area (Å²) in [6.07, 6.45) is 4.52. The number of anilines is 1. The molecule has 3 aromatic rings. The first-order chi connectivity index (χ1) is 13.8. The molecule has 1 fully saturated rings. The van der Waals surface area contributed by atoms with E-state index in [-0.39, 0.29) is 12.0 Å². The first-order valence-corrected chi connectivity index (χ1v) is 10.4. The van der Waals surface area contributed by atoms with Crippen molar-refractivity contribution in [2.45, 2.75) is 19.1 Å². The van der Waals surface area contributed by atoms with Crippen molar-refractivity contribution in [2.24, 2.45) is 0 Å². The Balaban J connectivity index is 1.54. The van der Waals surface area contributed by atoms with Gasteiger partial charge >= 0.3 is 0 Å². The Kier molecular flexibility index (Phi) is 5.87. The van der Waals surface area contributed by atoms with Gasteiger partial charge in [0.05, 0.1) is 12.1 Å². The largest absolute Gasteiger partial charge is 0.473 e. The van der Waals surface area contributed by atoms with Gasteiger partial charge in [-0.15, -0.1) is 0 Å². The van der Waals surface area contributed by atoms with E-state index in [0.29, 0.717) is 23.8 Å². The number of pyridine rings is 2. The van der Waals surface area contributed by atoms with Crippen LogP contribution in [0.3, 0.4) is 0 Å². The van der Waals surface area contributed by atoms with Crippen molar-refractivity contribution >= 4 is 23.5 Å². The maximum absolute atomic E-state index is 13.2. The standard InChI is InChI=1S/C22H21N3O2S/c26-22(18-9-10-21(24-14-18)27-19-11-13-28-16-19)25(20-8-4-5-12-23-20)15-17-6-2-1-3-7-17/h1-10,12,14,19H,11,13,15-16H2/t19-/m1/s1. The maximum Gasteiger partial charge on any atom is 0.261 e. The molecule has 0 N–H and O–H groups in total. The Bertz CT molecular complexity index is 898. The van der Waals surface area contributed by atoms with Gasteiger partial charge in [-0.3, -0.25) is 9.69 Å². The van der Waals surface area contributed by atoms with E-state index in [2.05, 4.69) is 9.97 Å². The Labute approximate surface area is 168 Å². The third-order valence-corrected chi connectivity index (χ3v) is 5.64. The molecule has 1 aromatic carbocycles. The lowest BCUT2D eigenvalue weighted by molar-refractivity contribution is 0.0984. The summed E-state index contributed by atoms with van der Waals surface area (Å²) < 4.78 is 5.88. The third-order valence-electron chi connectivity index (χ3n) is 4.51. The van der Waals surface area contributed by atoms with Crippen molar-refractivity contribution in [3.05, 3.63) is 84.2 Å². The highest BCUT2D eigenvalue weighted by Gasteiger charge is 2.21. The van der Waals surface area contributed by atoms with Gasteiger partial charge in [-0.1, -0.05) is 36.4 Å². The van der Waals surface area contributed by atoms with Crippen molar-refractivity contribution in [1.29, 1.82) is 0 Å². The van der Waals surface area contributed by atoms with Gasteiger partial charge in [-0.05, 0) is 35.9 Å². The first kappa shape index (κ1) is 18.5. The second kappa shape index (κ2) is 8.89. The lowest BCUT2D eigenvalue weighted by atomic mass is 10.2. The Morgan fingerprint density at radius 3 is 2.61 bits per heavy atom. The minimum Gasteiger partial charge on any atom is -0.473 e. The quantitative estimate of drug-likeness (QED) is 0.630. The zero-order chi connectivity index (χ0) is 19.2. The molecule has 0 unspecified atom stereocenters. The van der Waals surface area contributed by atoms with Gasteiger partial charge in [0.15, 0.2) is 0 Å². The average molecular weight is 391 g/mol. The van der Waals surface area contributed by atoms with Crippen molar-refractivity contribution in [2.75, 3.05) is 16.4 Å². The highest BCUT2D eigenvalue weighted by Crippen LogP contribution is 2.23. The minimum atomic E-state index is -0.141. The molecule has 0 bridgehead atoms. The number of nitrogens with zero attached hydrogens (tertiary/aromatic N) is 3. The second-order valence-electron chi connectivity index (χ2n) is 6.55. The van der Waals surface area contributed by atoms with Gasteiger partial charge < -0.3 is 4.74 Å². The van der Waals surface area contributed by atoms with E-state index in [1.54, 1.807) is 29.4 Å². The number of carbonyl (C=O) groups excluding carboxylic acids is 1. The molecule has 1 saturated heterocycles. The van der Waals surface area contributed by atoms with Gasteiger partial charge in [0.2, 0.25) is 5.88 Å². The van der Waals surface area contributed by atoms with Crippen LogP contribution < -0.4 is 9.64 Å². The van der Waals surface area contributed by atoms with Crippen LogP contribution in [0, 0.1) is 0 Å². The highest BCUT2D eigenvalue weighted by atomic mass is 32.2. The van der Waals surface area contributed by atoms with Crippen LogP contribution >= 0.6 is 11.8 Å². The van der Waals surface area contributed by atoms with Crippen LogP contribution in [0.4, 0.5) is 5.82 Å². The maximum atomic E-state index is 13.2. The molecule has 1 aliphatic heterocycles. The molecule has 4 rings (SSSR count). The van der Waals surface area contributed by atoms with E-state index in [1.807, 2.05) is 60.3 Å². The van der Waals surface area contributed by atoms with Crippen molar-refractivity contribution in [1.82, 2.24) is 9.97 Å². The number of hydrogen-bond acceptors (Lipinski definition) is 5. The molecule has 5 nitrogen and oxygen atoms in total. The molecule has 1 aliphatic rings. The Morgan fingerprint density at radius 2 is 1.93 bits per heavy atom. The van der Waals surface area contributed by atoms with Crippen LogP contribution in [0.25, 0.3) is 0 Å². The van der Waals surface area contributed by atoms with E-state index >= 15 is 0 Å². The predicted octanol–water partition coefficient (Wildman–Crippen LogP) is 4.21. The predicted molar refractivity (Wildman–Crippen MR) is 112 cm³/mol. The topological polar surface area (TPSA) is 55.3 Å². The smallest absolute Gasteiger partial charge is 0.261 e. The fourth-order valence-corrected chi connectivity index (χ4v) is 4.14. The normalized spacial score (nSPS) is 15.9. The monoisotopic (exact) mass is 391 g/mol. The minimum absolute atomic E-state index is 0.141. The van der Waals surface area contributed by atoms with E-state index < -0.39 is 0 Å². The fourth-order valence-electron chi connectivity index (χ4n) is 3.05. The summed E-state index contributed by atoms with van der Waals surface area (Å²) in [6, 6.07) is 19.0. The van der Waals surface area contributed by atoms with E-state index in [1.165, 1.54) is 0 Å². The molecule has 0 radical (unpaired) electrons. The van der Waals surface area contributed by atoms with Gasteiger partial charge in [-0.25, -0.2) is 9.97 Å². The second-order valence-corrected chi connectivity index (χ2v) is 7.70. The van der Waals surface area contributed by atoms with Gasteiger partial charge in [0.25, 0.3) is 5.91 Å². The Hall–Kier alpha value is -2.86. The molecule has 6 heteroatoms. The molecule has 3 heterocycles. The van der Waals surface area contributed by atoms with E-state index in [4.69, 9.17) is 4.74 Å². The van der Waals surface area contributed by atoms with Crippen LogP contribution in [-0.4, -0.2) is 33.5 Å².